The van der Waals surface area contributed by atoms with Crippen molar-refractivity contribution in [2.24, 2.45) is 0 Å². The summed E-state index contributed by atoms with van der Waals surface area (Å²) in [6.45, 7) is 5.98. The zero-order chi connectivity index (χ0) is 18.4. The molecule has 1 N–H and O–H groups in total. The van der Waals surface area contributed by atoms with Crippen molar-refractivity contribution >= 4 is 16.8 Å². The van der Waals surface area contributed by atoms with Crippen molar-refractivity contribution in [1.82, 2.24) is 14.8 Å². The fraction of sp³-hybridized carbons (Fsp3) is 0.474. The van der Waals surface area contributed by atoms with Gasteiger partial charge in [-0.1, -0.05) is 0 Å². The Hall–Kier alpha value is -2.34. The summed E-state index contributed by atoms with van der Waals surface area (Å²) < 4.78 is 7.30. The SMILES string of the molecule is CCn1c(=O)cc(C)c2ccc(OCC(=O)NCCCN(C)C)cc21. The maximum Gasteiger partial charge on any atom is 0.257 e. The maximum atomic E-state index is 12.1. The molecule has 0 unspecified atom stereocenters. The molecule has 6 nitrogen and oxygen atoms in total. The molecule has 25 heavy (non-hydrogen) atoms. The van der Waals surface area contributed by atoms with E-state index >= 15 is 0 Å². The molecule has 1 aromatic heterocycles. The van der Waals surface area contributed by atoms with Gasteiger partial charge in [0.2, 0.25) is 0 Å². The van der Waals surface area contributed by atoms with Gasteiger partial charge >= 0.3 is 0 Å². The molecule has 6 heteroatoms. The van der Waals surface area contributed by atoms with Crippen LogP contribution in [0.1, 0.15) is 18.9 Å². The molecule has 0 aliphatic heterocycles. The van der Waals surface area contributed by atoms with E-state index in [9.17, 15) is 9.59 Å². The van der Waals surface area contributed by atoms with E-state index in [2.05, 4.69) is 10.2 Å². The molecule has 0 spiro atoms. The predicted molar refractivity (Wildman–Crippen MR) is 100 cm³/mol. The predicted octanol–water partition coefficient (Wildman–Crippen LogP) is 1.78. The highest BCUT2D eigenvalue weighted by molar-refractivity contribution is 5.84. The van der Waals surface area contributed by atoms with E-state index in [1.807, 2.05) is 46.1 Å². The van der Waals surface area contributed by atoms with Crippen molar-refractivity contribution in [3.8, 4) is 5.75 Å². The largest absolute Gasteiger partial charge is 0.484 e. The average Bonchev–Trinajstić information content (AvgIpc) is 2.57. The summed E-state index contributed by atoms with van der Waals surface area (Å²) in [5.41, 5.74) is 1.74. The first-order valence-corrected chi connectivity index (χ1v) is 8.60. The number of nitrogens with one attached hydrogen (secondary N) is 1. The number of fused-ring (bicyclic) bond motifs is 1. The standard InChI is InChI=1S/C19H27N3O3/c1-5-22-17-12-15(7-8-16(17)14(2)11-19(22)24)25-13-18(23)20-9-6-10-21(3)4/h7-8,11-12H,5-6,9-10,13H2,1-4H3,(H,20,23). The van der Waals surface area contributed by atoms with Gasteiger partial charge in [0.15, 0.2) is 6.61 Å². The third-order valence-electron chi connectivity index (χ3n) is 4.08. The monoisotopic (exact) mass is 345 g/mol. The van der Waals surface area contributed by atoms with Gasteiger partial charge in [0.25, 0.3) is 11.5 Å². The number of benzene rings is 1. The Kier molecular flexibility index (Phi) is 6.58. The van der Waals surface area contributed by atoms with Gasteiger partial charge in [0, 0.05) is 30.6 Å². The van der Waals surface area contributed by atoms with Crippen molar-refractivity contribution in [3.05, 3.63) is 40.2 Å². The van der Waals surface area contributed by atoms with Crippen LogP contribution in [0, 0.1) is 6.92 Å². The molecule has 0 saturated heterocycles. The quantitative estimate of drug-likeness (QED) is 0.741. The summed E-state index contributed by atoms with van der Waals surface area (Å²) in [5, 5.41) is 3.86. The fourth-order valence-electron chi connectivity index (χ4n) is 2.77. The third kappa shape index (κ3) is 5.06. The lowest BCUT2D eigenvalue weighted by Gasteiger charge is -2.13. The van der Waals surface area contributed by atoms with Crippen LogP contribution in [-0.4, -0.2) is 49.2 Å². The van der Waals surface area contributed by atoms with Crippen molar-refractivity contribution < 1.29 is 9.53 Å². The number of carbonyl (C=O) groups is 1. The Morgan fingerprint density at radius 3 is 2.72 bits per heavy atom. The van der Waals surface area contributed by atoms with Gasteiger partial charge in [-0.3, -0.25) is 9.59 Å². The van der Waals surface area contributed by atoms with Crippen LogP contribution in [0.2, 0.25) is 0 Å². The molecule has 0 aliphatic carbocycles. The van der Waals surface area contributed by atoms with Gasteiger partial charge in [0.1, 0.15) is 5.75 Å². The van der Waals surface area contributed by atoms with E-state index < -0.39 is 0 Å². The zero-order valence-electron chi connectivity index (χ0n) is 15.5. The van der Waals surface area contributed by atoms with Crippen molar-refractivity contribution in [3.63, 3.8) is 0 Å². The topological polar surface area (TPSA) is 63.6 Å². The van der Waals surface area contributed by atoms with E-state index in [0.717, 1.165) is 29.4 Å². The molecule has 0 fully saturated rings. The number of hydrogen-bond donors (Lipinski definition) is 1. The van der Waals surface area contributed by atoms with Crippen LogP contribution in [-0.2, 0) is 11.3 Å². The van der Waals surface area contributed by atoms with Crippen molar-refractivity contribution in [1.29, 1.82) is 0 Å². The Balaban J connectivity index is 2.02. The number of amides is 1. The smallest absolute Gasteiger partial charge is 0.257 e. The minimum Gasteiger partial charge on any atom is -0.484 e. The van der Waals surface area contributed by atoms with Gasteiger partial charge in [0.05, 0.1) is 5.52 Å². The van der Waals surface area contributed by atoms with Gasteiger partial charge < -0.3 is 19.5 Å². The number of hydrogen-bond acceptors (Lipinski definition) is 4. The first kappa shape index (κ1) is 19.0. The Morgan fingerprint density at radius 1 is 1.28 bits per heavy atom. The number of aryl methyl sites for hydroxylation is 2. The van der Waals surface area contributed by atoms with E-state index in [4.69, 9.17) is 4.74 Å². The summed E-state index contributed by atoms with van der Waals surface area (Å²) in [4.78, 5) is 26.0. The lowest BCUT2D eigenvalue weighted by molar-refractivity contribution is -0.123. The van der Waals surface area contributed by atoms with Gasteiger partial charge in [-0.25, -0.2) is 0 Å². The van der Waals surface area contributed by atoms with Gasteiger partial charge in [-0.2, -0.15) is 0 Å². The molecule has 0 bridgehead atoms. The first-order valence-electron chi connectivity index (χ1n) is 8.60. The van der Waals surface area contributed by atoms with Crippen LogP contribution in [0.25, 0.3) is 10.9 Å². The Morgan fingerprint density at radius 2 is 2.04 bits per heavy atom. The Labute approximate surface area is 148 Å². The highest BCUT2D eigenvalue weighted by Crippen LogP contribution is 2.22. The van der Waals surface area contributed by atoms with Gasteiger partial charge in [-0.05, 0) is 58.6 Å². The van der Waals surface area contributed by atoms with Crippen LogP contribution < -0.4 is 15.6 Å². The molecular weight excluding hydrogens is 318 g/mol. The van der Waals surface area contributed by atoms with Crippen molar-refractivity contribution in [2.45, 2.75) is 26.8 Å². The highest BCUT2D eigenvalue weighted by Gasteiger charge is 2.08. The number of aromatic nitrogens is 1. The molecule has 2 aromatic rings. The summed E-state index contributed by atoms with van der Waals surface area (Å²) >= 11 is 0. The average molecular weight is 345 g/mol. The number of nitrogens with zero attached hydrogens (tertiary/aromatic N) is 2. The number of pyridine rings is 1. The molecular formula is C19H27N3O3. The van der Waals surface area contributed by atoms with Crippen LogP contribution >= 0.6 is 0 Å². The molecule has 1 amide bonds. The third-order valence-corrected chi connectivity index (χ3v) is 4.08. The second-order valence-corrected chi connectivity index (χ2v) is 6.38. The molecule has 136 valence electrons. The van der Waals surface area contributed by atoms with E-state index in [-0.39, 0.29) is 18.1 Å². The molecule has 0 aliphatic rings. The molecule has 0 saturated carbocycles. The molecule has 2 rings (SSSR count). The number of rotatable bonds is 8. The normalized spacial score (nSPS) is 11.1. The minimum atomic E-state index is -0.143. The van der Waals surface area contributed by atoms with Gasteiger partial charge in [-0.15, -0.1) is 0 Å². The molecule has 1 heterocycles. The number of ether oxygens (including phenoxy) is 1. The van der Waals surface area contributed by atoms with E-state index in [0.29, 0.717) is 18.8 Å². The first-order chi connectivity index (χ1) is 11.9. The second-order valence-electron chi connectivity index (χ2n) is 6.38. The summed E-state index contributed by atoms with van der Waals surface area (Å²) in [5.74, 6) is 0.444. The molecule has 0 radical (unpaired) electrons. The lowest BCUT2D eigenvalue weighted by atomic mass is 10.1. The van der Waals surface area contributed by atoms with Crippen LogP contribution in [0.3, 0.4) is 0 Å². The summed E-state index contributed by atoms with van der Waals surface area (Å²) in [6.07, 6.45) is 0.900. The maximum absolute atomic E-state index is 12.1. The summed E-state index contributed by atoms with van der Waals surface area (Å²) in [6, 6.07) is 7.24. The molecule has 1 aromatic carbocycles. The van der Waals surface area contributed by atoms with E-state index in [1.54, 1.807) is 10.6 Å². The van der Waals surface area contributed by atoms with Crippen LogP contribution in [0.5, 0.6) is 5.75 Å². The Bertz CT molecular complexity index is 796. The van der Waals surface area contributed by atoms with Crippen LogP contribution in [0.15, 0.2) is 29.1 Å². The zero-order valence-corrected chi connectivity index (χ0v) is 15.5. The highest BCUT2D eigenvalue weighted by atomic mass is 16.5. The lowest BCUT2D eigenvalue weighted by Crippen LogP contribution is -2.31. The fourth-order valence-corrected chi connectivity index (χ4v) is 2.77. The number of carbonyl (C=O) groups excluding carboxylic acids is 1. The van der Waals surface area contributed by atoms with E-state index in [1.165, 1.54) is 0 Å². The minimum absolute atomic E-state index is 0.0247. The van der Waals surface area contributed by atoms with Crippen LogP contribution in [0.4, 0.5) is 0 Å². The second kappa shape index (κ2) is 8.67. The van der Waals surface area contributed by atoms with Crippen molar-refractivity contribution in [2.75, 3.05) is 33.8 Å². The molecule has 0 atom stereocenters. The summed E-state index contributed by atoms with van der Waals surface area (Å²) in [7, 11) is 4.00.